The van der Waals surface area contributed by atoms with Crippen molar-refractivity contribution in [2.75, 3.05) is 13.2 Å². The smallest absolute Gasteiger partial charge is 0.326 e. The van der Waals surface area contributed by atoms with Crippen LogP contribution in [0.1, 0.15) is 52.9 Å². The molecule has 1 aliphatic heterocycles. The van der Waals surface area contributed by atoms with Crippen LogP contribution in [0.2, 0.25) is 0 Å². The third-order valence-corrected chi connectivity index (χ3v) is 4.55. The summed E-state index contributed by atoms with van der Waals surface area (Å²) in [7, 11) is 0. The summed E-state index contributed by atoms with van der Waals surface area (Å²) in [6.07, 6.45) is 5.04. The normalized spacial score (nSPS) is 32.6. The Kier molecular flexibility index (Phi) is 5.63. The Hall–Kier alpha value is -0.650. The molecule has 3 unspecified atom stereocenters. The molecule has 5 nitrogen and oxygen atoms in total. The van der Waals surface area contributed by atoms with Crippen molar-refractivity contribution in [3.63, 3.8) is 0 Å². The Bertz CT molecular complexity index is 348. The average Bonchev–Trinajstić information content (AvgIpc) is 3.22. The number of carboxylic acid groups (broad SMARTS) is 1. The molecule has 2 aliphatic rings. The van der Waals surface area contributed by atoms with Crippen molar-refractivity contribution in [2.45, 2.75) is 76.7 Å². The van der Waals surface area contributed by atoms with E-state index in [1.165, 1.54) is 0 Å². The molecule has 21 heavy (non-hydrogen) atoms. The van der Waals surface area contributed by atoms with Crippen molar-refractivity contribution < 1.29 is 19.4 Å². The van der Waals surface area contributed by atoms with Crippen LogP contribution in [0.15, 0.2) is 0 Å². The summed E-state index contributed by atoms with van der Waals surface area (Å²) in [6, 6.07) is 0. The fourth-order valence-corrected chi connectivity index (χ4v) is 3.28. The largest absolute Gasteiger partial charge is 0.480 e. The number of nitrogens with one attached hydrogen (secondary N) is 1. The number of hydrogen-bond donors (Lipinski definition) is 2. The van der Waals surface area contributed by atoms with Crippen LogP contribution in [0.3, 0.4) is 0 Å². The predicted octanol–water partition coefficient (Wildman–Crippen LogP) is 2.19. The summed E-state index contributed by atoms with van der Waals surface area (Å²) in [6.45, 7) is 7.12. The molecule has 0 radical (unpaired) electrons. The van der Waals surface area contributed by atoms with Crippen LogP contribution in [0.5, 0.6) is 0 Å². The lowest BCUT2D eigenvalue weighted by Gasteiger charge is -2.36. The summed E-state index contributed by atoms with van der Waals surface area (Å²) in [5, 5.41) is 13.0. The molecular formula is C16H29NO4. The lowest BCUT2D eigenvalue weighted by molar-refractivity contribution is -0.154. The van der Waals surface area contributed by atoms with E-state index in [4.69, 9.17) is 9.47 Å². The summed E-state index contributed by atoms with van der Waals surface area (Å²) < 4.78 is 11.7. The molecule has 1 aliphatic carbocycles. The van der Waals surface area contributed by atoms with Crippen molar-refractivity contribution in [2.24, 2.45) is 5.92 Å². The van der Waals surface area contributed by atoms with Gasteiger partial charge in [0.15, 0.2) is 0 Å². The zero-order valence-electron chi connectivity index (χ0n) is 13.4. The van der Waals surface area contributed by atoms with Crippen molar-refractivity contribution in [3.05, 3.63) is 0 Å². The minimum atomic E-state index is -0.902. The second-order valence-electron chi connectivity index (χ2n) is 6.64. The number of aliphatic carboxylic acids is 1. The van der Waals surface area contributed by atoms with Gasteiger partial charge in [0.1, 0.15) is 5.54 Å². The topological polar surface area (TPSA) is 67.8 Å². The highest BCUT2D eigenvalue weighted by Gasteiger charge is 2.51. The molecular weight excluding hydrogens is 270 g/mol. The number of ether oxygens (including phenoxy) is 2. The van der Waals surface area contributed by atoms with Gasteiger partial charge in [-0.15, -0.1) is 0 Å². The van der Waals surface area contributed by atoms with Crippen LogP contribution in [0, 0.1) is 5.92 Å². The van der Waals surface area contributed by atoms with Crippen molar-refractivity contribution >= 4 is 5.97 Å². The number of rotatable bonds is 8. The molecule has 1 heterocycles. The molecule has 122 valence electrons. The van der Waals surface area contributed by atoms with E-state index in [1.54, 1.807) is 0 Å². The second-order valence-corrected chi connectivity index (χ2v) is 6.64. The molecule has 0 spiro atoms. The van der Waals surface area contributed by atoms with Crippen molar-refractivity contribution in [3.8, 4) is 0 Å². The molecule has 2 fully saturated rings. The van der Waals surface area contributed by atoms with Gasteiger partial charge in [-0.3, -0.25) is 10.1 Å². The van der Waals surface area contributed by atoms with Crippen LogP contribution in [-0.2, 0) is 14.3 Å². The lowest BCUT2D eigenvalue weighted by atomic mass is 9.93. The molecule has 2 rings (SSSR count). The lowest BCUT2D eigenvalue weighted by Crippen LogP contribution is -2.58. The third-order valence-electron chi connectivity index (χ3n) is 4.55. The predicted molar refractivity (Wildman–Crippen MR) is 80.4 cm³/mol. The van der Waals surface area contributed by atoms with Gasteiger partial charge >= 0.3 is 5.97 Å². The fourth-order valence-electron chi connectivity index (χ4n) is 3.28. The first-order valence-electron chi connectivity index (χ1n) is 8.23. The second kappa shape index (κ2) is 7.07. The summed E-state index contributed by atoms with van der Waals surface area (Å²) in [4.78, 5) is 11.8. The number of carboxylic acids is 1. The molecule has 1 saturated heterocycles. The van der Waals surface area contributed by atoms with Gasteiger partial charge in [-0.05, 0) is 58.4 Å². The molecule has 1 saturated carbocycles. The molecule has 0 bridgehead atoms. The first kappa shape index (κ1) is 16.7. The van der Waals surface area contributed by atoms with Gasteiger partial charge in [-0.1, -0.05) is 6.92 Å². The first-order valence-corrected chi connectivity index (χ1v) is 8.23. The Balaban J connectivity index is 1.96. The van der Waals surface area contributed by atoms with Gasteiger partial charge in [0.25, 0.3) is 0 Å². The van der Waals surface area contributed by atoms with Crippen LogP contribution in [0.25, 0.3) is 0 Å². The van der Waals surface area contributed by atoms with Gasteiger partial charge in [0.2, 0.25) is 0 Å². The van der Waals surface area contributed by atoms with Crippen LogP contribution in [-0.4, -0.2) is 48.1 Å². The quantitative estimate of drug-likeness (QED) is 0.719. The maximum atomic E-state index is 11.8. The summed E-state index contributed by atoms with van der Waals surface area (Å²) in [5.74, 6) is -0.567. The monoisotopic (exact) mass is 299 g/mol. The standard InChI is InChI=1S/C16H29NO4/c1-4-7-17-16(15(18)19,13-5-6-13)10-20-14-8-11(2)21-12(3)9-14/h11-14,17H,4-10H2,1-3H3,(H,18,19). The molecule has 0 amide bonds. The van der Waals surface area contributed by atoms with Gasteiger partial charge in [0.05, 0.1) is 24.9 Å². The van der Waals surface area contributed by atoms with E-state index >= 15 is 0 Å². The number of hydrogen-bond acceptors (Lipinski definition) is 4. The molecule has 3 atom stereocenters. The van der Waals surface area contributed by atoms with Crippen molar-refractivity contribution in [1.82, 2.24) is 5.32 Å². The highest BCUT2D eigenvalue weighted by Crippen LogP contribution is 2.40. The van der Waals surface area contributed by atoms with Gasteiger partial charge in [-0.25, -0.2) is 0 Å². The van der Waals surface area contributed by atoms with E-state index in [0.717, 1.165) is 32.1 Å². The first-order chi connectivity index (χ1) is 9.98. The summed E-state index contributed by atoms with van der Waals surface area (Å²) >= 11 is 0. The molecule has 5 heteroatoms. The number of carbonyl (C=O) groups is 1. The van der Waals surface area contributed by atoms with E-state index in [1.807, 2.05) is 13.8 Å². The third kappa shape index (κ3) is 4.18. The molecule has 0 aromatic carbocycles. The maximum absolute atomic E-state index is 11.8. The Morgan fingerprint density at radius 2 is 1.95 bits per heavy atom. The summed E-state index contributed by atoms with van der Waals surface area (Å²) in [5.41, 5.74) is -0.902. The van der Waals surface area contributed by atoms with E-state index in [9.17, 15) is 9.90 Å². The van der Waals surface area contributed by atoms with E-state index < -0.39 is 11.5 Å². The Morgan fingerprint density at radius 3 is 2.43 bits per heavy atom. The van der Waals surface area contributed by atoms with Gasteiger partial charge in [0, 0.05) is 0 Å². The van der Waals surface area contributed by atoms with E-state index in [0.29, 0.717) is 6.54 Å². The van der Waals surface area contributed by atoms with Gasteiger partial charge < -0.3 is 14.6 Å². The molecule has 0 aromatic heterocycles. The Morgan fingerprint density at radius 1 is 1.33 bits per heavy atom. The maximum Gasteiger partial charge on any atom is 0.326 e. The SMILES string of the molecule is CCCNC(COC1CC(C)OC(C)C1)(C(=O)O)C1CC1. The highest BCUT2D eigenvalue weighted by atomic mass is 16.5. The minimum absolute atomic E-state index is 0.102. The van der Waals surface area contributed by atoms with Crippen LogP contribution < -0.4 is 5.32 Å². The average molecular weight is 299 g/mol. The molecule has 2 N–H and O–H groups in total. The van der Waals surface area contributed by atoms with E-state index in [-0.39, 0.29) is 30.8 Å². The van der Waals surface area contributed by atoms with Gasteiger partial charge in [-0.2, -0.15) is 0 Å². The fraction of sp³-hybridized carbons (Fsp3) is 0.938. The zero-order chi connectivity index (χ0) is 15.5. The zero-order valence-corrected chi connectivity index (χ0v) is 13.4. The van der Waals surface area contributed by atoms with Crippen LogP contribution in [0.4, 0.5) is 0 Å². The van der Waals surface area contributed by atoms with E-state index in [2.05, 4.69) is 12.2 Å². The minimum Gasteiger partial charge on any atom is -0.480 e. The Labute approximate surface area is 127 Å². The molecule has 0 aromatic rings. The van der Waals surface area contributed by atoms with Crippen LogP contribution >= 0.6 is 0 Å². The van der Waals surface area contributed by atoms with Crippen molar-refractivity contribution in [1.29, 1.82) is 0 Å². The highest BCUT2D eigenvalue weighted by molar-refractivity contribution is 5.80.